The molecule has 0 saturated heterocycles. The molecule has 0 N–H and O–H groups in total. The largest absolute Gasteiger partial charge is 0.270 e. The monoisotopic (exact) mass is 288 g/mol. The summed E-state index contributed by atoms with van der Waals surface area (Å²) in [5.41, 5.74) is 2.35. The summed E-state index contributed by atoms with van der Waals surface area (Å²) < 4.78 is 26.7. The van der Waals surface area contributed by atoms with E-state index < -0.39 is 5.92 Å². The Hall–Kier alpha value is -1.70. The van der Waals surface area contributed by atoms with Crippen LogP contribution in [0.5, 0.6) is 0 Å². The van der Waals surface area contributed by atoms with Gasteiger partial charge in [0.25, 0.3) is 5.92 Å². The van der Waals surface area contributed by atoms with E-state index in [0.29, 0.717) is 0 Å². The third-order valence-corrected chi connectivity index (χ3v) is 3.75. The average molecular weight is 288 g/mol. The van der Waals surface area contributed by atoms with E-state index in [1.807, 2.05) is 30.3 Å². The molecule has 1 atom stereocenters. The summed E-state index contributed by atoms with van der Waals surface area (Å²) in [4.78, 5) is 0. The molecule has 0 saturated carbocycles. The van der Waals surface area contributed by atoms with E-state index in [0.717, 1.165) is 12.5 Å². The Balaban J connectivity index is 2.44. The van der Waals surface area contributed by atoms with Crippen molar-refractivity contribution < 1.29 is 8.78 Å². The van der Waals surface area contributed by atoms with Crippen LogP contribution in [-0.4, -0.2) is 0 Å². The summed E-state index contributed by atoms with van der Waals surface area (Å²) in [6.07, 6.45) is 0. The van der Waals surface area contributed by atoms with E-state index in [1.165, 1.54) is 17.7 Å². The molecule has 2 aromatic carbocycles. The van der Waals surface area contributed by atoms with E-state index in [-0.39, 0.29) is 16.9 Å². The van der Waals surface area contributed by atoms with Crippen LogP contribution in [-0.2, 0) is 5.92 Å². The predicted octanol–water partition coefficient (Wildman–Crippen LogP) is 5.98. The van der Waals surface area contributed by atoms with Crippen LogP contribution in [0.15, 0.2) is 54.6 Å². The highest BCUT2D eigenvalue weighted by Gasteiger charge is 2.29. The molecule has 0 fully saturated rings. The predicted molar refractivity (Wildman–Crippen MR) is 83.8 cm³/mol. The van der Waals surface area contributed by atoms with Gasteiger partial charge in [0.1, 0.15) is 0 Å². The topological polar surface area (TPSA) is 0 Å². The maximum Gasteiger partial charge on any atom is 0.270 e. The SMILES string of the molecule is CC(F)(F)c1ccc(C(c2ccccc2)C(C)(C)C)cc1. The highest BCUT2D eigenvalue weighted by Crippen LogP contribution is 2.41. The molecule has 0 spiro atoms. The summed E-state index contributed by atoms with van der Waals surface area (Å²) in [6.45, 7) is 7.45. The van der Waals surface area contributed by atoms with Gasteiger partial charge in [-0.2, -0.15) is 0 Å². The van der Waals surface area contributed by atoms with Gasteiger partial charge >= 0.3 is 0 Å². The minimum atomic E-state index is -2.79. The lowest BCUT2D eigenvalue weighted by Gasteiger charge is -2.32. The molecule has 0 aliphatic heterocycles. The Morgan fingerprint density at radius 1 is 0.714 bits per heavy atom. The number of benzene rings is 2. The van der Waals surface area contributed by atoms with Gasteiger partial charge in [-0.25, -0.2) is 8.78 Å². The first-order valence-corrected chi connectivity index (χ1v) is 7.23. The van der Waals surface area contributed by atoms with Crippen LogP contribution in [0.3, 0.4) is 0 Å². The smallest absolute Gasteiger partial charge is 0.202 e. The summed E-state index contributed by atoms with van der Waals surface area (Å²) >= 11 is 0. The maximum atomic E-state index is 13.3. The van der Waals surface area contributed by atoms with Crippen LogP contribution in [0.25, 0.3) is 0 Å². The van der Waals surface area contributed by atoms with Crippen molar-refractivity contribution in [2.45, 2.75) is 39.5 Å². The van der Waals surface area contributed by atoms with Gasteiger partial charge in [0.05, 0.1) is 0 Å². The summed E-state index contributed by atoms with van der Waals surface area (Å²) in [7, 11) is 0. The molecule has 0 nitrogen and oxygen atoms in total. The van der Waals surface area contributed by atoms with Gasteiger partial charge in [0, 0.05) is 18.4 Å². The zero-order valence-corrected chi connectivity index (χ0v) is 13.0. The van der Waals surface area contributed by atoms with Crippen molar-refractivity contribution in [3.8, 4) is 0 Å². The van der Waals surface area contributed by atoms with Crippen molar-refractivity contribution in [2.75, 3.05) is 0 Å². The van der Waals surface area contributed by atoms with Gasteiger partial charge in [-0.15, -0.1) is 0 Å². The van der Waals surface area contributed by atoms with Crippen molar-refractivity contribution in [3.05, 3.63) is 71.3 Å². The second kappa shape index (κ2) is 5.59. The molecule has 21 heavy (non-hydrogen) atoms. The molecule has 0 aliphatic rings. The Labute approximate surface area is 125 Å². The lowest BCUT2D eigenvalue weighted by atomic mass is 9.72. The fourth-order valence-electron chi connectivity index (χ4n) is 2.81. The number of halogens is 2. The van der Waals surface area contributed by atoms with Gasteiger partial charge in [-0.05, 0) is 16.5 Å². The minimum absolute atomic E-state index is 0.0115. The van der Waals surface area contributed by atoms with E-state index >= 15 is 0 Å². The lowest BCUT2D eigenvalue weighted by molar-refractivity contribution is 0.0174. The van der Waals surface area contributed by atoms with Crippen molar-refractivity contribution in [3.63, 3.8) is 0 Å². The van der Waals surface area contributed by atoms with Crippen molar-refractivity contribution >= 4 is 0 Å². The molecule has 0 radical (unpaired) electrons. The van der Waals surface area contributed by atoms with Gasteiger partial charge < -0.3 is 0 Å². The zero-order valence-electron chi connectivity index (χ0n) is 13.0. The molecule has 0 bridgehead atoms. The number of hydrogen-bond acceptors (Lipinski definition) is 0. The first-order valence-electron chi connectivity index (χ1n) is 7.23. The summed E-state index contributed by atoms with van der Waals surface area (Å²) in [5, 5.41) is 0. The third-order valence-electron chi connectivity index (χ3n) is 3.75. The second-order valence-electron chi connectivity index (χ2n) is 6.72. The first kappa shape index (κ1) is 15.7. The molecular weight excluding hydrogens is 266 g/mol. The molecule has 0 aromatic heterocycles. The van der Waals surface area contributed by atoms with Crippen LogP contribution in [0, 0.1) is 5.41 Å². The molecule has 2 aromatic rings. The normalized spacial score (nSPS) is 14.0. The fourth-order valence-corrected chi connectivity index (χ4v) is 2.81. The zero-order chi connectivity index (χ0) is 15.7. The summed E-state index contributed by atoms with van der Waals surface area (Å²) in [5.74, 6) is -2.61. The van der Waals surface area contributed by atoms with Crippen LogP contribution >= 0.6 is 0 Å². The first-order chi connectivity index (χ1) is 9.69. The van der Waals surface area contributed by atoms with E-state index in [2.05, 4.69) is 32.9 Å². The highest BCUT2D eigenvalue weighted by molar-refractivity contribution is 5.36. The Morgan fingerprint density at radius 2 is 1.19 bits per heavy atom. The second-order valence-corrected chi connectivity index (χ2v) is 6.72. The Kier molecular flexibility index (Phi) is 4.18. The molecule has 1 unspecified atom stereocenters. The fraction of sp³-hybridized carbons (Fsp3) is 0.368. The summed E-state index contributed by atoms with van der Waals surface area (Å²) in [6, 6.07) is 16.9. The molecule has 2 heteroatoms. The van der Waals surface area contributed by atoms with E-state index in [4.69, 9.17) is 0 Å². The molecule has 0 heterocycles. The molecule has 112 valence electrons. The molecule has 0 amide bonds. The standard InChI is InChI=1S/C19H22F2/c1-18(2,3)17(14-8-6-5-7-9-14)15-10-12-16(13-11-15)19(4,20)21/h5-13,17H,1-4H3. The quantitative estimate of drug-likeness (QED) is 0.652. The molecule has 2 rings (SSSR count). The number of hydrogen-bond donors (Lipinski definition) is 0. The lowest BCUT2D eigenvalue weighted by Crippen LogP contribution is -2.20. The van der Waals surface area contributed by atoms with Crippen LogP contribution in [0.2, 0.25) is 0 Å². The van der Waals surface area contributed by atoms with E-state index in [9.17, 15) is 8.78 Å². The van der Waals surface area contributed by atoms with Gasteiger partial charge in [0.15, 0.2) is 0 Å². The Bertz CT molecular complexity index is 572. The van der Waals surface area contributed by atoms with Crippen LogP contribution < -0.4 is 0 Å². The van der Waals surface area contributed by atoms with Crippen LogP contribution in [0.4, 0.5) is 8.78 Å². The highest BCUT2D eigenvalue weighted by atomic mass is 19.3. The van der Waals surface area contributed by atoms with Crippen LogP contribution in [0.1, 0.15) is 50.3 Å². The number of rotatable bonds is 3. The van der Waals surface area contributed by atoms with Gasteiger partial charge in [0.2, 0.25) is 0 Å². The Morgan fingerprint density at radius 3 is 1.62 bits per heavy atom. The molecular formula is C19H22F2. The van der Waals surface area contributed by atoms with Crippen molar-refractivity contribution in [1.82, 2.24) is 0 Å². The maximum absolute atomic E-state index is 13.3. The average Bonchev–Trinajstić information content (AvgIpc) is 2.38. The van der Waals surface area contributed by atoms with Gasteiger partial charge in [-0.3, -0.25) is 0 Å². The minimum Gasteiger partial charge on any atom is -0.202 e. The van der Waals surface area contributed by atoms with Crippen molar-refractivity contribution in [2.24, 2.45) is 5.41 Å². The van der Waals surface area contributed by atoms with Crippen molar-refractivity contribution in [1.29, 1.82) is 0 Å². The molecule has 0 aliphatic carbocycles. The third kappa shape index (κ3) is 3.69. The van der Waals surface area contributed by atoms with Gasteiger partial charge in [-0.1, -0.05) is 75.4 Å². The van der Waals surface area contributed by atoms with E-state index in [1.54, 1.807) is 0 Å². The number of alkyl halides is 2.